The summed E-state index contributed by atoms with van der Waals surface area (Å²) in [6.45, 7) is 4.54. The van der Waals surface area contributed by atoms with Gasteiger partial charge in [-0.1, -0.05) is 61.9 Å². The molecule has 0 N–H and O–H groups in total. The van der Waals surface area contributed by atoms with E-state index < -0.39 is 0 Å². The molecule has 2 fully saturated rings. The first kappa shape index (κ1) is 18.8. The fraction of sp³-hybridized carbons (Fsp3) is 0.481. The summed E-state index contributed by atoms with van der Waals surface area (Å²) >= 11 is 0. The SMILES string of the molecule is C[C@]12C=CC(=O)C=C1C=C(CCc1ccccc1)[C@@H]1[C@@H]2CC[C@]2(C)C(=O)CC[C@@H]12. The molecule has 0 saturated heterocycles. The smallest absolute Gasteiger partial charge is 0.178 e. The molecule has 2 saturated carbocycles. The Balaban J connectivity index is 1.56. The highest BCUT2D eigenvalue weighted by molar-refractivity contribution is 6.01. The molecule has 0 radical (unpaired) electrons. The van der Waals surface area contributed by atoms with Crippen molar-refractivity contribution in [3.8, 4) is 0 Å². The van der Waals surface area contributed by atoms with E-state index in [2.05, 4.69) is 56.3 Å². The van der Waals surface area contributed by atoms with Crippen molar-refractivity contribution in [1.82, 2.24) is 0 Å². The Bertz CT molecular complexity index is 950. The third-order valence-electron chi connectivity index (χ3n) is 8.58. The molecule has 2 heteroatoms. The number of benzene rings is 1. The highest BCUT2D eigenvalue weighted by Crippen LogP contribution is 2.63. The summed E-state index contributed by atoms with van der Waals surface area (Å²) in [7, 11) is 0. The van der Waals surface area contributed by atoms with Crippen LogP contribution in [-0.4, -0.2) is 11.6 Å². The van der Waals surface area contributed by atoms with Gasteiger partial charge in [0.2, 0.25) is 0 Å². The summed E-state index contributed by atoms with van der Waals surface area (Å²) in [6.07, 6.45) is 14.0. The molecule has 0 spiro atoms. The minimum atomic E-state index is -0.154. The molecule has 0 amide bonds. The average molecular weight is 387 g/mol. The lowest BCUT2D eigenvalue weighted by Gasteiger charge is -2.55. The van der Waals surface area contributed by atoms with Gasteiger partial charge in [0.1, 0.15) is 5.78 Å². The minimum Gasteiger partial charge on any atom is -0.299 e. The van der Waals surface area contributed by atoms with Gasteiger partial charge in [-0.3, -0.25) is 9.59 Å². The zero-order chi connectivity index (χ0) is 20.2. The molecule has 2 nitrogen and oxygen atoms in total. The van der Waals surface area contributed by atoms with Crippen molar-refractivity contribution in [2.75, 3.05) is 0 Å². The van der Waals surface area contributed by atoms with E-state index in [9.17, 15) is 9.59 Å². The normalized spacial score (nSPS) is 38.1. The first-order chi connectivity index (χ1) is 13.9. The van der Waals surface area contributed by atoms with Gasteiger partial charge >= 0.3 is 0 Å². The number of ketones is 2. The van der Waals surface area contributed by atoms with Crippen LogP contribution in [0.3, 0.4) is 0 Å². The lowest BCUT2D eigenvalue weighted by Crippen LogP contribution is -2.49. The molecule has 5 rings (SSSR count). The number of carbonyl (C=O) groups is 2. The number of Topliss-reactive ketones (excluding diaryl/α,β-unsaturated/α-hetero) is 1. The fourth-order valence-corrected chi connectivity index (χ4v) is 6.81. The Labute approximate surface area is 173 Å². The van der Waals surface area contributed by atoms with Crippen LogP contribution in [0.1, 0.15) is 51.5 Å². The standard InChI is InChI=1S/C27H30O2/c1-26-14-12-21(28)17-20(26)16-19(9-8-18-6-4-3-5-7-18)25-22-10-11-24(29)27(22,2)15-13-23(25)26/h3-7,12,14,16-17,22-23,25H,8-11,13,15H2,1-2H3/t22-,23-,25-,26-,27-/m0/s1. The van der Waals surface area contributed by atoms with Gasteiger partial charge in [-0.15, -0.1) is 0 Å². The molecule has 5 atom stereocenters. The van der Waals surface area contributed by atoms with Gasteiger partial charge in [0.25, 0.3) is 0 Å². The third kappa shape index (κ3) is 2.83. The lowest BCUT2D eigenvalue weighted by atomic mass is 9.48. The fourth-order valence-electron chi connectivity index (χ4n) is 6.81. The number of aryl methyl sites for hydroxylation is 1. The molecule has 1 aromatic carbocycles. The van der Waals surface area contributed by atoms with Crippen molar-refractivity contribution < 1.29 is 9.59 Å². The number of fused-ring (bicyclic) bond motifs is 5. The van der Waals surface area contributed by atoms with Gasteiger partial charge < -0.3 is 0 Å². The third-order valence-corrected chi connectivity index (χ3v) is 8.58. The molecule has 150 valence electrons. The number of carbonyl (C=O) groups excluding carboxylic acids is 2. The number of hydrogen-bond donors (Lipinski definition) is 0. The van der Waals surface area contributed by atoms with Gasteiger partial charge in [-0.25, -0.2) is 0 Å². The average Bonchev–Trinajstić information content (AvgIpc) is 3.02. The molecule has 0 unspecified atom stereocenters. The van der Waals surface area contributed by atoms with Crippen LogP contribution in [0.25, 0.3) is 0 Å². The quantitative estimate of drug-likeness (QED) is 0.673. The van der Waals surface area contributed by atoms with Crippen LogP contribution in [0.2, 0.25) is 0 Å². The van der Waals surface area contributed by atoms with Gasteiger partial charge in [-0.2, -0.15) is 0 Å². The van der Waals surface area contributed by atoms with E-state index in [0.29, 0.717) is 23.5 Å². The molecule has 1 aromatic rings. The Morgan fingerprint density at radius 3 is 2.55 bits per heavy atom. The Hall–Kier alpha value is -2.22. The largest absolute Gasteiger partial charge is 0.299 e. The molecule has 29 heavy (non-hydrogen) atoms. The Morgan fingerprint density at radius 2 is 1.76 bits per heavy atom. The van der Waals surface area contributed by atoms with Crippen molar-refractivity contribution in [3.63, 3.8) is 0 Å². The van der Waals surface area contributed by atoms with Gasteiger partial charge in [0, 0.05) is 17.3 Å². The summed E-state index contributed by atoms with van der Waals surface area (Å²) in [4.78, 5) is 25.0. The summed E-state index contributed by atoms with van der Waals surface area (Å²) < 4.78 is 0. The first-order valence-corrected chi connectivity index (χ1v) is 11.1. The van der Waals surface area contributed by atoms with Gasteiger partial charge in [-0.05, 0) is 73.1 Å². The van der Waals surface area contributed by atoms with Crippen molar-refractivity contribution in [3.05, 3.63) is 71.3 Å². The van der Waals surface area contributed by atoms with Crippen molar-refractivity contribution >= 4 is 11.6 Å². The Morgan fingerprint density at radius 1 is 0.966 bits per heavy atom. The second kappa shape index (κ2) is 6.65. The van der Waals surface area contributed by atoms with Crippen molar-refractivity contribution in [2.45, 2.75) is 52.4 Å². The molecular formula is C27H30O2. The van der Waals surface area contributed by atoms with E-state index in [1.807, 2.05) is 6.08 Å². The number of allylic oxidation sites excluding steroid dienone is 6. The highest BCUT2D eigenvalue weighted by Gasteiger charge is 2.59. The monoisotopic (exact) mass is 386 g/mol. The maximum absolute atomic E-state index is 12.8. The van der Waals surface area contributed by atoms with Crippen LogP contribution in [0.5, 0.6) is 0 Å². The zero-order valence-electron chi connectivity index (χ0n) is 17.5. The van der Waals surface area contributed by atoms with Crippen LogP contribution in [-0.2, 0) is 16.0 Å². The van der Waals surface area contributed by atoms with E-state index in [0.717, 1.165) is 38.5 Å². The second-order valence-electron chi connectivity index (χ2n) is 9.98. The second-order valence-corrected chi connectivity index (χ2v) is 9.98. The van der Waals surface area contributed by atoms with Crippen LogP contribution >= 0.6 is 0 Å². The van der Waals surface area contributed by atoms with E-state index >= 15 is 0 Å². The van der Waals surface area contributed by atoms with Crippen LogP contribution in [0.4, 0.5) is 0 Å². The predicted molar refractivity (Wildman–Crippen MR) is 115 cm³/mol. The van der Waals surface area contributed by atoms with Crippen molar-refractivity contribution in [1.29, 1.82) is 0 Å². The van der Waals surface area contributed by atoms with Crippen LogP contribution in [0.15, 0.2) is 65.8 Å². The molecule has 0 heterocycles. The van der Waals surface area contributed by atoms with E-state index in [1.54, 1.807) is 6.08 Å². The van der Waals surface area contributed by atoms with Crippen LogP contribution < -0.4 is 0 Å². The first-order valence-electron chi connectivity index (χ1n) is 11.1. The minimum absolute atomic E-state index is 0.0816. The number of rotatable bonds is 3. The van der Waals surface area contributed by atoms with Gasteiger partial charge in [0.15, 0.2) is 5.78 Å². The maximum atomic E-state index is 12.8. The topological polar surface area (TPSA) is 34.1 Å². The molecular weight excluding hydrogens is 356 g/mol. The van der Waals surface area contributed by atoms with E-state index in [-0.39, 0.29) is 16.6 Å². The summed E-state index contributed by atoms with van der Waals surface area (Å²) in [5.41, 5.74) is 3.77. The Kier molecular flexibility index (Phi) is 4.31. The number of hydrogen-bond acceptors (Lipinski definition) is 2. The summed E-state index contributed by atoms with van der Waals surface area (Å²) in [5.74, 6) is 1.96. The summed E-state index contributed by atoms with van der Waals surface area (Å²) in [5, 5.41) is 0. The van der Waals surface area contributed by atoms with Crippen molar-refractivity contribution in [2.24, 2.45) is 28.6 Å². The maximum Gasteiger partial charge on any atom is 0.178 e. The molecule has 4 aliphatic carbocycles. The highest BCUT2D eigenvalue weighted by atomic mass is 16.1. The molecule has 0 aliphatic heterocycles. The lowest BCUT2D eigenvalue weighted by molar-refractivity contribution is -0.130. The zero-order valence-corrected chi connectivity index (χ0v) is 17.5. The molecule has 0 bridgehead atoms. The summed E-state index contributed by atoms with van der Waals surface area (Å²) in [6, 6.07) is 10.7. The van der Waals surface area contributed by atoms with Gasteiger partial charge in [0.05, 0.1) is 0 Å². The van der Waals surface area contributed by atoms with E-state index in [1.165, 1.54) is 16.7 Å². The molecule has 4 aliphatic rings. The predicted octanol–water partition coefficient (Wildman–Crippen LogP) is 5.64. The van der Waals surface area contributed by atoms with Crippen LogP contribution in [0, 0.1) is 28.6 Å². The molecule has 0 aromatic heterocycles. The van der Waals surface area contributed by atoms with E-state index in [4.69, 9.17) is 0 Å².